The minimum absolute atomic E-state index is 0.180. The number of nitriles is 1. The zero-order chi connectivity index (χ0) is 33.1. The van der Waals surface area contributed by atoms with Crippen LogP contribution in [-0.4, -0.2) is 86.9 Å². The lowest BCUT2D eigenvalue weighted by Gasteiger charge is -2.42. The molecular weight excluding hydrogens is 685 g/mol. The number of aryl methyl sites for hydroxylation is 1. The number of rotatable bonds is 5. The van der Waals surface area contributed by atoms with E-state index in [-0.39, 0.29) is 22.5 Å². The summed E-state index contributed by atoms with van der Waals surface area (Å²) in [6.45, 7) is 5.45. The van der Waals surface area contributed by atoms with Gasteiger partial charge in [-0.05, 0) is 86.3 Å². The second-order valence-corrected chi connectivity index (χ2v) is 14.8. The normalized spacial score (nSPS) is 21.2. The third-order valence-corrected chi connectivity index (χ3v) is 10.4. The van der Waals surface area contributed by atoms with E-state index in [2.05, 4.69) is 26.6 Å². The lowest BCUT2D eigenvalue weighted by atomic mass is 10.0. The number of aromatic nitrogens is 2. The summed E-state index contributed by atoms with van der Waals surface area (Å²) in [5.41, 5.74) is 1.69. The molecule has 3 saturated heterocycles. The number of thioether (sulfide) groups is 1. The van der Waals surface area contributed by atoms with Crippen molar-refractivity contribution in [3.63, 3.8) is 0 Å². The Morgan fingerprint density at radius 1 is 1.17 bits per heavy atom. The Kier molecular flexibility index (Phi) is 8.63. The second-order valence-electron chi connectivity index (χ2n) is 13.3. The van der Waals surface area contributed by atoms with Crippen LogP contribution in [0.1, 0.15) is 69.8 Å². The number of amides is 3. The van der Waals surface area contributed by atoms with Crippen LogP contribution in [0.4, 0.5) is 22.8 Å². The molecule has 2 aromatic heterocycles. The van der Waals surface area contributed by atoms with Gasteiger partial charge in [-0.1, -0.05) is 0 Å². The van der Waals surface area contributed by atoms with Crippen molar-refractivity contribution in [3.05, 3.63) is 33.7 Å². The lowest BCUT2D eigenvalue weighted by molar-refractivity contribution is -0.114. The molecule has 3 aromatic rings. The largest absolute Gasteiger partial charge is 0.444 e. The molecule has 46 heavy (non-hydrogen) atoms. The molecule has 2 atom stereocenters. The van der Waals surface area contributed by atoms with E-state index in [0.29, 0.717) is 61.3 Å². The topological polar surface area (TPSA) is 94.7 Å². The van der Waals surface area contributed by atoms with E-state index in [4.69, 9.17) is 9.72 Å². The van der Waals surface area contributed by atoms with Crippen molar-refractivity contribution in [1.29, 1.82) is 5.26 Å². The molecule has 5 heterocycles. The van der Waals surface area contributed by atoms with Crippen LogP contribution in [0.2, 0.25) is 0 Å². The van der Waals surface area contributed by atoms with Crippen LogP contribution in [0.5, 0.6) is 0 Å². The number of carbonyl (C=O) groups is 2. The fraction of sp³-hybridized carbons (Fsp3) is 0.562. The maximum atomic E-state index is 16.0. The van der Waals surface area contributed by atoms with Crippen molar-refractivity contribution in [1.82, 2.24) is 24.3 Å². The van der Waals surface area contributed by atoms with Crippen molar-refractivity contribution < 1.29 is 27.5 Å². The van der Waals surface area contributed by atoms with E-state index in [1.54, 1.807) is 9.80 Å². The van der Waals surface area contributed by atoms with Crippen LogP contribution in [0.25, 0.3) is 21.8 Å². The predicted molar refractivity (Wildman–Crippen MR) is 173 cm³/mol. The third-order valence-electron chi connectivity index (χ3n) is 8.86. The first kappa shape index (κ1) is 32.7. The number of ether oxygens (including phenoxy) is 1. The number of alkyl halides is 2. The molecular formula is C32H36BrF3N6O3S. The molecule has 2 unspecified atom stereocenters. The molecule has 0 N–H and O–H groups in total. The van der Waals surface area contributed by atoms with Crippen LogP contribution in [0, 0.1) is 17.1 Å². The van der Waals surface area contributed by atoms with Crippen LogP contribution in [0.15, 0.2) is 21.6 Å². The number of pyridine rings is 1. The second kappa shape index (κ2) is 12.1. The Morgan fingerprint density at radius 2 is 1.91 bits per heavy atom. The minimum Gasteiger partial charge on any atom is -0.444 e. The molecule has 6 rings (SSSR count). The number of hydrogen-bond acceptors (Lipinski definition) is 6. The van der Waals surface area contributed by atoms with Gasteiger partial charge in [0.2, 0.25) is 0 Å². The highest BCUT2D eigenvalue weighted by atomic mass is 79.9. The maximum Gasteiger partial charge on any atom is 0.410 e. The smallest absolute Gasteiger partial charge is 0.410 e. The number of halogens is 4. The van der Waals surface area contributed by atoms with Gasteiger partial charge in [-0.25, -0.2) is 27.7 Å². The molecule has 3 amide bonds. The van der Waals surface area contributed by atoms with E-state index in [1.165, 1.54) is 16.7 Å². The number of carbonyl (C=O) groups excluding carboxylic acids is 2. The van der Waals surface area contributed by atoms with E-state index < -0.39 is 48.6 Å². The average Bonchev–Trinajstić information content (AvgIpc) is 3.73. The summed E-state index contributed by atoms with van der Waals surface area (Å²) in [5.74, 6) is -3.40. The quantitative estimate of drug-likeness (QED) is 0.251. The molecule has 3 aliphatic rings. The number of likely N-dealkylation sites (tertiary alicyclic amines) is 3. The molecule has 0 bridgehead atoms. The summed E-state index contributed by atoms with van der Waals surface area (Å²) < 4.78 is 51.6. The number of fused-ring (bicyclic) bond motifs is 3. The van der Waals surface area contributed by atoms with E-state index in [1.807, 2.05) is 39.2 Å². The summed E-state index contributed by atoms with van der Waals surface area (Å²) in [6, 6.07) is 4.94. The third kappa shape index (κ3) is 5.89. The van der Waals surface area contributed by atoms with Gasteiger partial charge in [-0.3, -0.25) is 0 Å². The van der Waals surface area contributed by atoms with Gasteiger partial charge in [-0.15, -0.1) is 11.8 Å². The molecule has 0 radical (unpaired) electrons. The first-order chi connectivity index (χ1) is 21.7. The summed E-state index contributed by atoms with van der Waals surface area (Å²) in [5, 5.41) is 11.2. The Hall–Kier alpha value is -3.18. The molecule has 0 aliphatic carbocycles. The van der Waals surface area contributed by atoms with Crippen molar-refractivity contribution in [2.45, 2.75) is 81.5 Å². The maximum absolute atomic E-state index is 16.0. The standard InChI is InChI=1S/C32H36BrF3N6O3S/c1-31(2,3)45-30(44)39-12-9-19(15-39)42-23(22-8-6-11-41(22)29(43)40-16-32(35,36)17-40)14-21-27(42)20-13-18(7-5-10-37)24(33)25(34)26(20)38-28(21)46-4/h13-14,19,22H,5-9,11-12,15-17H2,1-4H3. The van der Waals surface area contributed by atoms with Gasteiger partial charge < -0.3 is 24.0 Å². The van der Waals surface area contributed by atoms with E-state index >= 15 is 4.39 Å². The average molecular weight is 722 g/mol. The monoisotopic (exact) mass is 720 g/mol. The van der Waals surface area contributed by atoms with Crippen molar-refractivity contribution >= 4 is 61.6 Å². The molecule has 14 heteroatoms. The molecule has 1 aromatic carbocycles. The number of urea groups is 1. The van der Waals surface area contributed by atoms with Crippen molar-refractivity contribution in [2.24, 2.45) is 0 Å². The van der Waals surface area contributed by atoms with Gasteiger partial charge in [0.1, 0.15) is 16.1 Å². The van der Waals surface area contributed by atoms with Gasteiger partial charge in [0.05, 0.1) is 41.2 Å². The highest BCUT2D eigenvalue weighted by Gasteiger charge is 2.49. The van der Waals surface area contributed by atoms with E-state index in [0.717, 1.165) is 16.6 Å². The summed E-state index contributed by atoms with van der Waals surface area (Å²) in [6.07, 6.45) is 3.91. The first-order valence-electron chi connectivity index (χ1n) is 15.4. The highest BCUT2D eigenvalue weighted by Crippen LogP contribution is 2.45. The fourth-order valence-corrected chi connectivity index (χ4v) is 7.92. The predicted octanol–water partition coefficient (Wildman–Crippen LogP) is 7.66. The fourth-order valence-electron chi connectivity index (χ4n) is 6.86. The molecule has 9 nitrogen and oxygen atoms in total. The zero-order valence-corrected chi connectivity index (χ0v) is 28.6. The highest BCUT2D eigenvalue weighted by molar-refractivity contribution is 9.10. The Bertz CT molecular complexity index is 1760. The molecule has 3 aliphatic heterocycles. The SMILES string of the molecule is CSc1nc2c(F)c(Br)c(CCC#N)cc2c2c1cc(C1CCCN1C(=O)N1CC(F)(F)C1)n2C1CCN(C(=O)OC(C)(C)C)C1. The molecule has 246 valence electrons. The molecule has 3 fully saturated rings. The van der Waals surface area contributed by atoms with Crippen LogP contribution < -0.4 is 0 Å². The summed E-state index contributed by atoms with van der Waals surface area (Å²) in [7, 11) is 0. The number of hydrogen-bond donors (Lipinski definition) is 0. The van der Waals surface area contributed by atoms with Crippen LogP contribution in [-0.2, 0) is 11.2 Å². The minimum atomic E-state index is -2.88. The Balaban J connectivity index is 1.53. The van der Waals surface area contributed by atoms with Gasteiger partial charge >= 0.3 is 12.1 Å². The molecule has 0 spiro atoms. The number of nitrogens with zero attached hydrogens (tertiary/aromatic N) is 6. The number of benzene rings is 1. The first-order valence-corrected chi connectivity index (χ1v) is 17.4. The van der Waals surface area contributed by atoms with Gasteiger partial charge in [0.25, 0.3) is 5.92 Å². The van der Waals surface area contributed by atoms with Crippen molar-refractivity contribution in [3.8, 4) is 6.07 Å². The summed E-state index contributed by atoms with van der Waals surface area (Å²) >= 11 is 4.78. The van der Waals surface area contributed by atoms with Crippen molar-refractivity contribution in [2.75, 3.05) is 39.0 Å². The van der Waals surface area contributed by atoms with Gasteiger partial charge in [0, 0.05) is 42.5 Å². The Labute approximate surface area is 278 Å². The Morgan fingerprint density at radius 3 is 2.57 bits per heavy atom. The lowest BCUT2D eigenvalue weighted by Crippen LogP contribution is -2.61. The molecule has 0 saturated carbocycles. The van der Waals surface area contributed by atoms with Gasteiger partial charge in [-0.2, -0.15) is 5.26 Å². The van der Waals surface area contributed by atoms with E-state index in [9.17, 15) is 23.6 Å². The van der Waals surface area contributed by atoms with Gasteiger partial charge in [0.15, 0.2) is 5.82 Å². The zero-order valence-electron chi connectivity index (χ0n) is 26.2. The van der Waals surface area contributed by atoms with Crippen LogP contribution >= 0.6 is 27.7 Å². The summed E-state index contributed by atoms with van der Waals surface area (Å²) in [4.78, 5) is 35.9. The van der Waals surface area contributed by atoms with Crippen LogP contribution in [0.3, 0.4) is 0 Å².